The van der Waals surface area contributed by atoms with Crippen LogP contribution in [0.25, 0.3) is 0 Å². The number of rotatable bonds is 7. The molecule has 0 aliphatic carbocycles. The highest BCUT2D eigenvalue weighted by atomic mass is 16.5. The number of benzene rings is 1. The van der Waals surface area contributed by atoms with Crippen molar-refractivity contribution < 1.29 is 14.3 Å². The zero-order valence-corrected chi connectivity index (χ0v) is 10.4. The Bertz CT molecular complexity index is 352. The van der Waals surface area contributed by atoms with Crippen LogP contribution in [0.2, 0.25) is 0 Å². The smallest absolute Gasteiger partial charge is 0.306 e. The highest BCUT2D eigenvalue weighted by Gasteiger charge is 2.00. The first-order valence-corrected chi connectivity index (χ1v) is 5.75. The number of esters is 1. The highest BCUT2D eigenvalue weighted by molar-refractivity contribution is 5.69. The van der Waals surface area contributed by atoms with Crippen LogP contribution in [0.5, 0.6) is 5.75 Å². The third-order valence-corrected chi connectivity index (χ3v) is 2.27. The van der Waals surface area contributed by atoms with Crippen LogP contribution in [0.4, 0.5) is 0 Å². The minimum absolute atomic E-state index is 0.194. The molecule has 94 valence electrons. The molecule has 0 spiro atoms. The normalized spacial score (nSPS) is 10.0. The molecular formula is C13H19NO3. The molecular weight excluding hydrogens is 218 g/mol. The molecule has 0 bridgehead atoms. The average molecular weight is 237 g/mol. The first-order valence-electron chi connectivity index (χ1n) is 5.75. The average Bonchev–Trinajstić information content (AvgIpc) is 2.35. The van der Waals surface area contributed by atoms with E-state index in [1.807, 2.05) is 31.2 Å². The van der Waals surface area contributed by atoms with E-state index in [-0.39, 0.29) is 5.97 Å². The molecule has 17 heavy (non-hydrogen) atoms. The maximum atomic E-state index is 10.9. The van der Waals surface area contributed by atoms with Crippen molar-refractivity contribution >= 4 is 5.97 Å². The van der Waals surface area contributed by atoms with E-state index in [0.29, 0.717) is 19.6 Å². The predicted octanol–water partition coefficient (Wildman–Crippen LogP) is 1.74. The van der Waals surface area contributed by atoms with Gasteiger partial charge in [0.05, 0.1) is 20.1 Å². The van der Waals surface area contributed by atoms with Crippen molar-refractivity contribution in [3.05, 3.63) is 29.8 Å². The molecule has 0 aliphatic rings. The van der Waals surface area contributed by atoms with E-state index >= 15 is 0 Å². The molecule has 1 rings (SSSR count). The molecule has 0 unspecified atom stereocenters. The number of hydrogen-bond donors (Lipinski definition) is 1. The lowest BCUT2D eigenvalue weighted by molar-refractivity contribution is -0.140. The van der Waals surface area contributed by atoms with Crippen LogP contribution >= 0.6 is 0 Å². The molecule has 4 heteroatoms. The Kier molecular flexibility index (Phi) is 6.10. The third-order valence-electron chi connectivity index (χ3n) is 2.27. The Labute approximate surface area is 102 Å². The van der Waals surface area contributed by atoms with Gasteiger partial charge in [0.25, 0.3) is 0 Å². The van der Waals surface area contributed by atoms with Crippen molar-refractivity contribution in [3.63, 3.8) is 0 Å². The number of ether oxygens (including phenoxy) is 2. The molecule has 1 aromatic carbocycles. The summed E-state index contributed by atoms with van der Waals surface area (Å²) in [5.74, 6) is 0.681. The van der Waals surface area contributed by atoms with Crippen LogP contribution in [-0.2, 0) is 16.1 Å². The van der Waals surface area contributed by atoms with Gasteiger partial charge in [-0.15, -0.1) is 0 Å². The Hall–Kier alpha value is -1.55. The first-order chi connectivity index (χ1) is 8.26. The molecule has 0 aromatic heterocycles. The Morgan fingerprint density at radius 1 is 1.41 bits per heavy atom. The van der Waals surface area contributed by atoms with Gasteiger partial charge in [-0.3, -0.25) is 4.79 Å². The van der Waals surface area contributed by atoms with Gasteiger partial charge >= 0.3 is 5.97 Å². The van der Waals surface area contributed by atoms with E-state index in [0.717, 1.165) is 17.9 Å². The van der Waals surface area contributed by atoms with Crippen LogP contribution in [0.3, 0.4) is 0 Å². The summed E-state index contributed by atoms with van der Waals surface area (Å²) in [5.41, 5.74) is 1.14. The zero-order chi connectivity index (χ0) is 12.5. The molecule has 0 fully saturated rings. The fourth-order valence-corrected chi connectivity index (χ4v) is 1.44. The van der Waals surface area contributed by atoms with Gasteiger partial charge in [-0.25, -0.2) is 0 Å². The summed E-state index contributed by atoms with van der Waals surface area (Å²) >= 11 is 0. The van der Waals surface area contributed by atoms with Gasteiger partial charge in [0.1, 0.15) is 5.75 Å². The minimum atomic E-state index is -0.194. The van der Waals surface area contributed by atoms with E-state index in [4.69, 9.17) is 4.74 Å². The topological polar surface area (TPSA) is 47.6 Å². The van der Waals surface area contributed by atoms with Crippen LogP contribution < -0.4 is 10.1 Å². The number of hydrogen-bond acceptors (Lipinski definition) is 4. The van der Waals surface area contributed by atoms with Crippen molar-refractivity contribution in [2.45, 2.75) is 19.9 Å². The second-order valence-electron chi connectivity index (χ2n) is 3.58. The summed E-state index contributed by atoms with van der Waals surface area (Å²) in [6.07, 6.45) is 0.391. The second-order valence-corrected chi connectivity index (χ2v) is 3.58. The van der Waals surface area contributed by atoms with Crippen LogP contribution in [-0.4, -0.2) is 26.2 Å². The lowest BCUT2D eigenvalue weighted by Gasteiger charge is -2.07. The molecule has 0 radical (unpaired) electrons. The number of methoxy groups -OCH3 is 1. The van der Waals surface area contributed by atoms with Gasteiger partial charge in [-0.1, -0.05) is 12.1 Å². The quantitative estimate of drug-likeness (QED) is 0.579. The van der Waals surface area contributed by atoms with Crippen molar-refractivity contribution in [1.29, 1.82) is 0 Å². The number of carbonyl (C=O) groups is 1. The Morgan fingerprint density at radius 3 is 2.94 bits per heavy atom. The molecule has 1 N–H and O–H groups in total. The standard InChI is InChI=1S/C13H19NO3/c1-3-17-12-6-4-5-11(9-12)10-14-8-7-13(15)16-2/h4-6,9,14H,3,7-8,10H2,1-2H3. The fourth-order valence-electron chi connectivity index (χ4n) is 1.44. The van der Waals surface area contributed by atoms with E-state index in [1.165, 1.54) is 7.11 Å². The van der Waals surface area contributed by atoms with Crippen LogP contribution in [0.15, 0.2) is 24.3 Å². The van der Waals surface area contributed by atoms with Gasteiger partial charge < -0.3 is 14.8 Å². The van der Waals surface area contributed by atoms with Gasteiger partial charge in [0.2, 0.25) is 0 Å². The Morgan fingerprint density at radius 2 is 2.24 bits per heavy atom. The monoisotopic (exact) mass is 237 g/mol. The van der Waals surface area contributed by atoms with Crippen LogP contribution in [0, 0.1) is 0 Å². The maximum Gasteiger partial charge on any atom is 0.306 e. The third kappa shape index (κ3) is 5.36. The van der Waals surface area contributed by atoms with E-state index in [1.54, 1.807) is 0 Å². The summed E-state index contributed by atoms with van der Waals surface area (Å²) in [7, 11) is 1.40. The lowest BCUT2D eigenvalue weighted by atomic mass is 10.2. The van der Waals surface area contributed by atoms with Crippen LogP contribution in [0.1, 0.15) is 18.9 Å². The lowest BCUT2D eigenvalue weighted by Crippen LogP contribution is -2.18. The molecule has 0 atom stereocenters. The van der Waals surface area contributed by atoms with Gasteiger partial charge in [0, 0.05) is 13.1 Å². The fraction of sp³-hybridized carbons (Fsp3) is 0.462. The summed E-state index contributed by atoms with van der Waals surface area (Å²) in [6, 6.07) is 7.91. The summed E-state index contributed by atoms with van der Waals surface area (Å²) in [4.78, 5) is 10.9. The minimum Gasteiger partial charge on any atom is -0.494 e. The highest BCUT2D eigenvalue weighted by Crippen LogP contribution is 2.12. The van der Waals surface area contributed by atoms with Gasteiger partial charge in [0.15, 0.2) is 0 Å². The molecule has 0 amide bonds. The number of carbonyl (C=O) groups excluding carboxylic acids is 1. The largest absolute Gasteiger partial charge is 0.494 e. The van der Waals surface area contributed by atoms with Crippen molar-refractivity contribution in [1.82, 2.24) is 5.32 Å². The molecule has 0 heterocycles. The predicted molar refractivity (Wildman–Crippen MR) is 66.0 cm³/mol. The van der Waals surface area contributed by atoms with E-state index < -0.39 is 0 Å². The molecule has 0 saturated carbocycles. The summed E-state index contributed by atoms with van der Waals surface area (Å²) in [5, 5.41) is 3.18. The molecule has 0 aliphatic heterocycles. The molecule has 1 aromatic rings. The summed E-state index contributed by atoms with van der Waals surface area (Å²) < 4.78 is 9.96. The van der Waals surface area contributed by atoms with Crippen molar-refractivity contribution in [3.8, 4) is 5.75 Å². The SMILES string of the molecule is CCOc1cccc(CNCCC(=O)OC)c1. The number of nitrogens with one attached hydrogen (secondary N) is 1. The van der Waals surface area contributed by atoms with Crippen molar-refractivity contribution in [2.24, 2.45) is 0 Å². The molecule has 4 nitrogen and oxygen atoms in total. The van der Waals surface area contributed by atoms with Gasteiger partial charge in [-0.2, -0.15) is 0 Å². The summed E-state index contributed by atoms with van der Waals surface area (Å²) in [6.45, 7) is 3.96. The van der Waals surface area contributed by atoms with Crippen molar-refractivity contribution in [2.75, 3.05) is 20.3 Å². The van der Waals surface area contributed by atoms with E-state index in [9.17, 15) is 4.79 Å². The second kappa shape index (κ2) is 7.68. The first kappa shape index (κ1) is 13.5. The van der Waals surface area contributed by atoms with E-state index in [2.05, 4.69) is 10.1 Å². The molecule has 0 saturated heterocycles. The maximum absolute atomic E-state index is 10.9. The zero-order valence-electron chi connectivity index (χ0n) is 10.4. The van der Waals surface area contributed by atoms with Gasteiger partial charge in [-0.05, 0) is 24.6 Å². The Balaban J connectivity index is 2.31.